The molecule has 0 bridgehead atoms. The summed E-state index contributed by atoms with van der Waals surface area (Å²) in [5, 5.41) is 10.8. The second kappa shape index (κ2) is 4.83. The minimum absolute atomic E-state index is 0.0777. The van der Waals surface area contributed by atoms with E-state index in [4.69, 9.17) is 28.3 Å². The number of amides is 1. The van der Waals surface area contributed by atoms with Crippen LogP contribution in [0.3, 0.4) is 0 Å². The molecule has 1 amide bonds. The maximum Gasteiger partial charge on any atom is 0.394 e. The number of rotatable bonds is 1. The van der Waals surface area contributed by atoms with Crippen molar-refractivity contribution in [2.45, 2.75) is 0 Å². The average molecular weight is 313 g/mol. The SMILES string of the molecule is O=C(O)C(=O)Nc1c(Cl)cc(Br)cc1Cl. The third kappa shape index (κ3) is 3.09. The van der Waals surface area contributed by atoms with E-state index in [-0.39, 0.29) is 15.7 Å². The molecule has 4 nitrogen and oxygen atoms in total. The normalized spacial score (nSPS) is 9.80. The molecule has 0 heterocycles. The van der Waals surface area contributed by atoms with Crippen LogP contribution in [0.1, 0.15) is 0 Å². The lowest BCUT2D eigenvalue weighted by molar-refractivity contribution is -0.147. The standard InChI is InChI=1S/C8H4BrCl2NO3/c9-3-1-4(10)6(5(11)2-3)12-7(13)8(14)15/h1-2H,(H,12,13)(H,14,15). The minimum atomic E-state index is -1.61. The molecule has 0 aliphatic carbocycles. The maximum atomic E-state index is 10.9. The first kappa shape index (κ1) is 12.3. The highest BCUT2D eigenvalue weighted by Gasteiger charge is 2.15. The molecular weight excluding hydrogens is 309 g/mol. The fourth-order valence-corrected chi connectivity index (χ4v) is 2.13. The van der Waals surface area contributed by atoms with Crippen LogP contribution >= 0.6 is 39.1 Å². The van der Waals surface area contributed by atoms with Gasteiger partial charge >= 0.3 is 11.9 Å². The van der Waals surface area contributed by atoms with Crippen LogP contribution in [0, 0.1) is 0 Å². The predicted molar refractivity (Wildman–Crippen MR) is 60.4 cm³/mol. The molecule has 7 heteroatoms. The Labute approximate surface area is 103 Å². The Morgan fingerprint density at radius 1 is 1.27 bits per heavy atom. The van der Waals surface area contributed by atoms with Gasteiger partial charge in [0.2, 0.25) is 0 Å². The molecule has 0 aromatic heterocycles. The van der Waals surface area contributed by atoms with Gasteiger partial charge in [0.25, 0.3) is 0 Å². The zero-order valence-electron chi connectivity index (χ0n) is 7.05. The van der Waals surface area contributed by atoms with Crippen LogP contribution in [0.2, 0.25) is 10.0 Å². The summed E-state index contributed by atoms with van der Waals surface area (Å²) in [5.74, 6) is -2.80. The molecule has 1 aromatic carbocycles. The van der Waals surface area contributed by atoms with Gasteiger partial charge in [-0.3, -0.25) is 4.79 Å². The van der Waals surface area contributed by atoms with Gasteiger partial charge in [-0.1, -0.05) is 39.1 Å². The molecule has 0 aliphatic heterocycles. The summed E-state index contributed by atoms with van der Waals surface area (Å²) < 4.78 is 0.630. The number of carboxylic acid groups (broad SMARTS) is 1. The molecule has 1 rings (SSSR count). The fraction of sp³-hybridized carbons (Fsp3) is 0. The first-order valence-corrected chi connectivity index (χ1v) is 5.15. The maximum absolute atomic E-state index is 10.9. The first-order chi connectivity index (χ1) is 6.91. The zero-order valence-corrected chi connectivity index (χ0v) is 10.2. The van der Waals surface area contributed by atoms with Crippen molar-refractivity contribution in [1.82, 2.24) is 0 Å². The predicted octanol–water partition coefficient (Wildman–Crippen LogP) is 2.78. The highest BCUT2D eigenvalue weighted by molar-refractivity contribution is 9.10. The van der Waals surface area contributed by atoms with Crippen molar-refractivity contribution in [2.75, 3.05) is 5.32 Å². The van der Waals surface area contributed by atoms with Crippen molar-refractivity contribution in [3.8, 4) is 0 Å². The minimum Gasteiger partial charge on any atom is -0.474 e. The van der Waals surface area contributed by atoms with E-state index in [1.165, 1.54) is 12.1 Å². The molecule has 2 N–H and O–H groups in total. The van der Waals surface area contributed by atoms with Crippen LogP contribution in [-0.4, -0.2) is 17.0 Å². The number of carboxylic acids is 1. The molecule has 0 unspecified atom stereocenters. The summed E-state index contributed by atoms with van der Waals surface area (Å²) in [6.45, 7) is 0. The van der Waals surface area contributed by atoms with Crippen LogP contribution in [0.25, 0.3) is 0 Å². The van der Waals surface area contributed by atoms with Gasteiger partial charge in [-0.15, -0.1) is 0 Å². The van der Waals surface area contributed by atoms with E-state index in [2.05, 4.69) is 21.2 Å². The van der Waals surface area contributed by atoms with E-state index in [9.17, 15) is 9.59 Å². The molecule has 0 spiro atoms. The largest absolute Gasteiger partial charge is 0.474 e. The number of halogens is 3. The molecule has 0 atom stereocenters. The van der Waals surface area contributed by atoms with E-state index in [0.717, 1.165) is 0 Å². The van der Waals surface area contributed by atoms with Crippen molar-refractivity contribution >= 4 is 56.7 Å². The molecule has 0 fully saturated rings. The number of anilines is 1. The number of aliphatic carboxylic acids is 1. The Morgan fingerprint density at radius 2 is 1.73 bits per heavy atom. The van der Waals surface area contributed by atoms with Crippen LogP contribution < -0.4 is 5.32 Å². The van der Waals surface area contributed by atoms with Gasteiger partial charge in [0.15, 0.2) is 0 Å². The average Bonchev–Trinajstić information content (AvgIpc) is 2.10. The fourth-order valence-electron chi connectivity index (χ4n) is 0.829. The second-order valence-electron chi connectivity index (χ2n) is 2.50. The molecule has 0 saturated carbocycles. The van der Waals surface area contributed by atoms with Crippen molar-refractivity contribution in [1.29, 1.82) is 0 Å². The van der Waals surface area contributed by atoms with Crippen LogP contribution in [0.4, 0.5) is 5.69 Å². The highest BCUT2D eigenvalue weighted by atomic mass is 79.9. The Hall–Kier alpha value is -0.780. The number of benzene rings is 1. The molecule has 1 aromatic rings. The number of hydrogen-bond acceptors (Lipinski definition) is 2. The molecule has 0 saturated heterocycles. The number of hydrogen-bond donors (Lipinski definition) is 2. The van der Waals surface area contributed by atoms with Crippen molar-refractivity contribution < 1.29 is 14.7 Å². The van der Waals surface area contributed by atoms with Crippen LogP contribution in [0.15, 0.2) is 16.6 Å². The van der Waals surface area contributed by atoms with Gasteiger partial charge in [-0.05, 0) is 12.1 Å². The number of nitrogens with one attached hydrogen (secondary N) is 1. The molecular formula is C8H4BrCl2NO3. The van der Waals surface area contributed by atoms with Crippen LogP contribution in [-0.2, 0) is 9.59 Å². The van der Waals surface area contributed by atoms with Crippen molar-refractivity contribution in [2.24, 2.45) is 0 Å². The third-order valence-electron chi connectivity index (χ3n) is 1.44. The lowest BCUT2D eigenvalue weighted by Gasteiger charge is -2.07. The Kier molecular flexibility index (Phi) is 3.96. The summed E-state index contributed by atoms with van der Waals surface area (Å²) in [6, 6.07) is 2.98. The Morgan fingerprint density at radius 3 is 2.13 bits per heavy atom. The van der Waals surface area contributed by atoms with Crippen LogP contribution in [0.5, 0.6) is 0 Å². The first-order valence-electron chi connectivity index (χ1n) is 3.60. The lowest BCUT2D eigenvalue weighted by Crippen LogP contribution is -2.22. The van der Waals surface area contributed by atoms with E-state index < -0.39 is 11.9 Å². The molecule has 0 aliphatic rings. The summed E-state index contributed by atoms with van der Waals surface area (Å²) in [4.78, 5) is 21.1. The Balaban J connectivity index is 3.05. The number of carbonyl (C=O) groups excluding carboxylic acids is 1. The summed E-state index contributed by atoms with van der Waals surface area (Å²) >= 11 is 14.7. The van der Waals surface area contributed by atoms with Crippen molar-refractivity contribution in [3.63, 3.8) is 0 Å². The van der Waals surface area contributed by atoms with E-state index in [1.807, 2.05) is 0 Å². The monoisotopic (exact) mass is 311 g/mol. The molecule has 15 heavy (non-hydrogen) atoms. The smallest absolute Gasteiger partial charge is 0.394 e. The van der Waals surface area contributed by atoms with Gasteiger partial charge in [0.1, 0.15) is 0 Å². The summed E-state index contributed by atoms with van der Waals surface area (Å²) in [6.07, 6.45) is 0. The van der Waals surface area contributed by atoms with Gasteiger partial charge in [0, 0.05) is 4.47 Å². The summed E-state index contributed by atoms with van der Waals surface area (Å²) in [7, 11) is 0. The van der Waals surface area contributed by atoms with E-state index >= 15 is 0 Å². The second-order valence-corrected chi connectivity index (χ2v) is 4.23. The number of carbonyl (C=O) groups is 2. The highest BCUT2D eigenvalue weighted by Crippen LogP contribution is 2.33. The van der Waals surface area contributed by atoms with E-state index in [1.54, 1.807) is 0 Å². The van der Waals surface area contributed by atoms with E-state index in [0.29, 0.717) is 4.47 Å². The quantitative estimate of drug-likeness (QED) is 0.784. The van der Waals surface area contributed by atoms with Gasteiger partial charge in [-0.2, -0.15) is 0 Å². The van der Waals surface area contributed by atoms with Gasteiger partial charge in [-0.25, -0.2) is 4.79 Å². The molecule has 80 valence electrons. The van der Waals surface area contributed by atoms with Crippen molar-refractivity contribution in [3.05, 3.63) is 26.7 Å². The molecule has 0 radical (unpaired) electrons. The zero-order chi connectivity index (χ0) is 11.6. The third-order valence-corrected chi connectivity index (χ3v) is 2.49. The topological polar surface area (TPSA) is 66.4 Å². The van der Waals surface area contributed by atoms with Gasteiger partial charge in [0.05, 0.1) is 15.7 Å². The lowest BCUT2D eigenvalue weighted by atomic mass is 10.3. The summed E-state index contributed by atoms with van der Waals surface area (Å²) in [5.41, 5.74) is 0.0777. The van der Waals surface area contributed by atoms with Gasteiger partial charge < -0.3 is 10.4 Å². The Bertz CT molecular complexity index is 413.